The van der Waals surface area contributed by atoms with Gasteiger partial charge in [-0.2, -0.15) is 0 Å². The molecule has 0 heterocycles. The Morgan fingerprint density at radius 2 is 1.89 bits per heavy atom. The fourth-order valence-corrected chi connectivity index (χ4v) is 3.57. The lowest BCUT2D eigenvalue weighted by Gasteiger charge is -2.11. The van der Waals surface area contributed by atoms with E-state index < -0.39 is 9.84 Å². The molecule has 0 aromatic heterocycles. The number of halogens is 1. The van der Waals surface area contributed by atoms with Crippen molar-refractivity contribution < 1.29 is 8.42 Å². The van der Waals surface area contributed by atoms with Crippen molar-refractivity contribution in [3.05, 3.63) is 52.4 Å². The molecule has 1 aliphatic carbocycles. The second kappa shape index (κ2) is 5.72. The summed E-state index contributed by atoms with van der Waals surface area (Å²) in [6, 6.07) is 8.34. The van der Waals surface area contributed by atoms with Crippen molar-refractivity contribution in [2.24, 2.45) is 0 Å². The van der Waals surface area contributed by atoms with Gasteiger partial charge >= 0.3 is 0 Å². The highest BCUT2D eigenvalue weighted by molar-refractivity contribution is 7.94. The smallest absolute Gasteiger partial charge is 0.201 e. The first-order chi connectivity index (χ1) is 8.59. The average molecular weight is 283 g/mol. The Morgan fingerprint density at radius 1 is 1.17 bits per heavy atom. The number of hydrogen-bond donors (Lipinski definition) is 0. The van der Waals surface area contributed by atoms with Gasteiger partial charge in [-0.15, -0.1) is 0 Å². The van der Waals surface area contributed by atoms with Crippen LogP contribution in [0.1, 0.15) is 25.7 Å². The Balaban J connectivity index is 2.29. The average Bonchev–Trinajstić information content (AvgIpc) is 2.40. The minimum atomic E-state index is -3.44. The van der Waals surface area contributed by atoms with Crippen molar-refractivity contribution in [2.75, 3.05) is 0 Å². The summed E-state index contributed by atoms with van der Waals surface area (Å²) in [6.45, 7) is 0. The molecule has 1 aromatic carbocycles. The van der Waals surface area contributed by atoms with E-state index in [1.165, 1.54) is 5.41 Å². The summed E-state index contributed by atoms with van der Waals surface area (Å²) in [6.07, 6.45) is 6.09. The highest BCUT2D eigenvalue weighted by Crippen LogP contribution is 2.28. The standard InChI is InChI=1S/C14H15ClO2S/c15-14(12-7-3-1-4-8-12)11-18(16,17)13-9-5-2-6-10-13/h2,5-7,9-11H,1,3-4,8H2/b14-11-. The summed E-state index contributed by atoms with van der Waals surface area (Å²) in [5, 5.41) is 1.51. The number of rotatable bonds is 3. The molecule has 0 spiro atoms. The van der Waals surface area contributed by atoms with Gasteiger partial charge in [0.05, 0.1) is 15.3 Å². The van der Waals surface area contributed by atoms with Crippen LogP contribution in [0.15, 0.2) is 57.3 Å². The van der Waals surface area contributed by atoms with E-state index in [9.17, 15) is 8.42 Å². The molecule has 0 N–H and O–H groups in total. The van der Waals surface area contributed by atoms with Crippen LogP contribution in [0.2, 0.25) is 0 Å². The molecular formula is C14H15ClO2S. The molecule has 2 rings (SSSR count). The number of sulfone groups is 1. The molecule has 1 aliphatic rings. The van der Waals surface area contributed by atoms with E-state index in [-0.39, 0.29) is 4.90 Å². The SMILES string of the molecule is O=S(=O)(/C=C(\Cl)C1=CCCCC1)c1ccccc1. The summed E-state index contributed by atoms with van der Waals surface area (Å²) in [4.78, 5) is 0.277. The first kappa shape index (κ1) is 13.4. The summed E-state index contributed by atoms with van der Waals surface area (Å²) in [7, 11) is -3.44. The van der Waals surface area contributed by atoms with E-state index in [4.69, 9.17) is 11.6 Å². The van der Waals surface area contributed by atoms with Gasteiger partial charge in [-0.3, -0.25) is 0 Å². The van der Waals surface area contributed by atoms with Crippen molar-refractivity contribution in [3.63, 3.8) is 0 Å². The minimum Gasteiger partial charge on any atom is -0.219 e. The maximum atomic E-state index is 12.1. The third-order valence-corrected chi connectivity index (χ3v) is 4.88. The molecule has 2 nitrogen and oxygen atoms in total. The Labute approximate surface area is 113 Å². The molecule has 0 fully saturated rings. The van der Waals surface area contributed by atoms with Crippen molar-refractivity contribution in [1.29, 1.82) is 0 Å². The van der Waals surface area contributed by atoms with Gasteiger partial charge in [-0.1, -0.05) is 35.9 Å². The summed E-state index contributed by atoms with van der Waals surface area (Å²) < 4.78 is 24.2. The minimum absolute atomic E-state index is 0.277. The predicted molar refractivity (Wildman–Crippen MR) is 74.1 cm³/mol. The fourth-order valence-electron chi connectivity index (χ4n) is 1.95. The third kappa shape index (κ3) is 3.24. The largest absolute Gasteiger partial charge is 0.219 e. The first-order valence-corrected chi connectivity index (χ1v) is 7.89. The lowest BCUT2D eigenvalue weighted by Crippen LogP contribution is -1.99. The first-order valence-electron chi connectivity index (χ1n) is 5.96. The fraction of sp³-hybridized carbons (Fsp3) is 0.286. The van der Waals surface area contributed by atoms with E-state index in [2.05, 4.69) is 0 Å². The molecule has 0 radical (unpaired) electrons. The Hall–Kier alpha value is -1.06. The van der Waals surface area contributed by atoms with Crippen LogP contribution in [0, 0.1) is 0 Å². The maximum absolute atomic E-state index is 12.1. The zero-order chi connectivity index (χ0) is 13.0. The predicted octanol–water partition coefficient (Wildman–Crippen LogP) is 4.04. The van der Waals surface area contributed by atoms with Gasteiger partial charge in [0.1, 0.15) is 0 Å². The number of benzene rings is 1. The Morgan fingerprint density at radius 3 is 2.50 bits per heavy atom. The van der Waals surface area contributed by atoms with E-state index in [0.29, 0.717) is 5.03 Å². The molecule has 18 heavy (non-hydrogen) atoms. The van der Waals surface area contributed by atoms with Gasteiger partial charge in [-0.05, 0) is 43.4 Å². The summed E-state index contributed by atoms with van der Waals surface area (Å²) in [5.41, 5.74) is 0.947. The van der Waals surface area contributed by atoms with Crippen LogP contribution in [-0.2, 0) is 9.84 Å². The van der Waals surface area contributed by atoms with Crippen LogP contribution in [0.3, 0.4) is 0 Å². The molecule has 1 aromatic rings. The lowest BCUT2D eigenvalue weighted by atomic mass is 10.00. The molecular weight excluding hydrogens is 268 g/mol. The van der Waals surface area contributed by atoms with Crippen LogP contribution < -0.4 is 0 Å². The molecule has 0 amide bonds. The maximum Gasteiger partial charge on any atom is 0.201 e. The van der Waals surface area contributed by atoms with Crippen LogP contribution in [0.25, 0.3) is 0 Å². The summed E-state index contributed by atoms with van der Waals surface area (Å²) in [5.74, 6) is 0. The van der Waals surface area contributed by atoms with E-state index in [1.807, 2.05) is 6.08 Å². The monoisotopic (exact) mass is 282 g/mol. The van der Waals surface area contributed by atoms with Crippen molar-refractivity contribution in [2.45, 2.75) is 30.6 Å². The molecule has 96 valence electrons. The van der Waals surface area contributed by atoms with Crippen LogP contribution >= 0.6 is 11.6 Å². The van der Waals surface area contributed by atoms with Gasteiger partial charge in [0.15, 0.2) is 0 Å². The van der Waals surface area contributed by atoms with Crippen molar-refractivity contribution in [3.8, 4) is 0 Å². The van der Waals surface area contributed by atoms with Crippen LogP contribution in [0.5, 0.6) is 0 Å². The number of hydrogen-bond acceptors (Lipinski definition) is 2. The Bertz CT molecular complexity index is 571. The molecule has 0 unspecified atom stereocenters. The second-order valence-electron chi connectivity index (χ2n) is 4.30. The zero-order valence-electron chi connectivity index (χ0n) is 9.97. The van der Waals surface area contributed by atoms with Gasteiger partial charge in [0.2, 0.25) is 9.84 Å². The van der Waals surface area contributed by atoms with Gasteiger partial charge in [0, 0.05) is 0 Å². The lowest BCUT2D eigenvalue weighted by molar-refractivity contribution is 0.604. The van der Waals surface area contributed by atoms with E-state index in [0.717, 1.165) is 31.3 Å². The Kier molecular flexibility index (Phi) is 4.25. The molecule has 0 aliphatic heterocycles. The highest BCUT2D eigenvalue weighted by atomic mass is 35.5. The second-order valence-corrected chi connectivity index (χ2v) is 6.50. The van der Waals surface area contributed by atoms with E-state index >= 15 is 0 Å². The molecule has 4 heteroatoms. The molecule has 0 saturated heterocycles. The molecule has 0 bridgehead atoms. The summed E-state index contributed by atoms with van der Waals surface area (Å²) >= 11 is 6.11. The van der Waals surface area contributed by atoms with Crippen molar-refractivity contribution >= 4 is 21.4 Å². The van der Waals surface area contributed by atoms with Gasteiger partial charge in [-0.25, -0.2) is 8.42 Å². The zero-order valence-corrected chi connectivity index (χ0v) is 11.5. The third-order valence-electron chi connectivity index (χ3n) is 2.93. The van der Waals surface area contributed by atoms with Gasteiger partial charge < -0.3 is 0 Å². The van der Waals surface area contributed by atoms with Crippen molar-refractivity contribution in [1.82, 2.24) is 0 Å². The number of allylic oxidation sites excluding steroid dienone is 3. The van der Waals surface area contributed by atoms with Crippen LogP contribution in [0.4, 0.5) is 0 Å². The molecule has 0 saturated carbocycles. The topological polar surface area (TPSA) is 34.1 Å². The van der Waals surface area contributed by atoms with Gasteiger partial charge in [0.25, 0.3) is 0 Å². The molecule has 0 atom stereocenters. The highest BCUT2D eigenvalue weighted by Gasteiger charge is 2.14. The normalized spacial score (nSPS) is 17.4. The van der Waals surface area contributed by atoms with E-state index in [1.54, 1.807) is 30.3 Å². The quantitative estimate of drug-likeness (QED) is 0.838. The van der Waals surface area contributed by atoms with Crippen LogP contribution in [-0.4, -0.2) is 8.42 Å².